The first-order chi connectivity index (χ1) is 21.4. The van der Waals surface area contributed by atoms with Crippen LogP contribution in [0.1, 0.15) is 77.2 Å². The number of hydrogen-bond donors (Lipinski definition) is 1. The van der Waals surface area contributed by atoms with Gasteiger partial charge in [-0.2, -0.15) is 5.10 Å². The van der Waals surface area contributed by atoms with E-state index in [9.17, 15) is 14.7 Å². The zero-order valence-electron chi connectivity index (χ0n) is 25.7. The number of aliphatic hydroxyl groups excluding tert-OH is 1. The number of carbonyl (C=O) groups excluding carboxylic acids is 2. The SMILES string of the molecule is CCCCN(CCCC)C(=O)c1nn(-c2ccc(-c3cccnc3)cc2C(=O)N2Cc3ccccc3C[C@H]2CO)c(C)c1Cl. The lowest BCUT2D eigenvalue weighted by Crippen LogP contribution is -2.46. The average molecular weight is 614 g/mol. The summed E-state index contributed by atoms with van der Waals surface area (Å²) in [6, 6.07) is 17.0. The molecule has 0 saturated carbocycles. The minimum atomic E-state index is -0.377. The van der Waals surface area contributed by atoms with Crippen molar-refractivity contribution in [1.29, 1.82) is 0 Å². The summed E-state index contributed by atoms with van der Waals surface area (Å²) in [6.07, 6.45) is 7.76. The van der Waals surface area contributed by atoms with E-state index in [1.54, 1.807) is 22.0 Å². The number of rotatable bonds is 11. The van der Waals surface area contributed by atoms with Crippen molar-refractivity contribution in [3.05, 3.63) is 100 Å². The Morgan fingerprint density at radius 3 is 2.39 bits per heavy atom. The predicted octanol–water partition coefficient (Wildman–Crippen LogP) is 6.50. The molecule has 2 amide bonds. The minimum absolute atomic E-state index is 0.158. The first-order valence-corrected chi connectivity index (χ1v) is 15.8. The lowest BCUT2D eigenvalue weighted by atomic mass is 9.93. The van der Waals surface area contributed by atoms with Gasteiger partial charge >= 0.3 is 0 Å². The molecule has 5 rings (SSSR count). The van der Waals surface area contributed by atoms with Crippen molar-refractivity contribution in [1.82, 2.24) is 24.6 Å². The summed E-state index contributed by atoms with van der Waals surface area (Å²) >= 11 is 6.81. The highest BCUT2D eigenvalue weighted by Crippen LogP contribution is 2.32. The van der Waals surface area contributed by atoms with E-state index in [4.69, 9.17) is 16.7 Å². The Kier molecular flexibility index (Phi) is 10.1. The number of nitrogens with zero attached hydrogens (tertiary/aromatic N) is 5. The highest BCUT2D eigenvalue weighted by molar-refractivity contribution is 6.34. The van der Waals surface area contributed by atoms with Crippen LogP contribution in [-0.2, 0) is 13.0 Å². The summed E-state index contributed by atoms with van der Waals surface area (Å²) in [5.41, 5.74) is 5.56. The molecule has 0 bridgehead atoms. The van der Waals surface area contributed by atoms with Gasteiger partial charge in [-0.25, -0.2) is 4.68 Å². The smallest absolute Gasteiger partial charge is 0.275 e. The van der Waals surface area contributed by atoms with E-state index in [2.05, 4.69) is 18.8 Å². The highest BCUT2D eigenvalue weighted by atomic mass is 35.5. The molecule has 0 saturated heterocycles. The Labute approximate surface area is 264 Å². The first-order valence-electron chi connectivity index (χ1n) is 15.5. The van der Waals surface area contributed by atoms with Gasteiger partial charge < -0.3 is 14.9 Å². The van der Waals surface area contributed by atoms with Crippen LogP contribution >= 0.6 is 11.6 Å². The van der Waals surface area contributed by atoms with Crippen molar-refractivity contribution < 1.29 is 14.7 Å². The van der Waals surface area contributed by atoms with E-state index in [1.807, 2.05) is 66.4 Å². The standard InChI is InChI=1S/C35H40ClN5O3/c1-4-6-17-39(18-7-5-2)35(44)33-32(36)24(3)41(38-33)31-15-14-26(27-13-10-16-37-21-27)20-30(31)34(43)40-22-28-12-9-8-11-25(28)19-29(40)23-42/h8-16,20-21,29,42H,4-7,17-19,22-23H2,1-3H3/t29-/m0/s1. The van der Waals surface area contributed by atoms with Crippen LogP contribution in [0.25, 0.3) is 16.8 Å². The third-order valence-electron chi connectivity index (χ3n) is 8.37. The van der Waals surface area contributed by atoms with Crippen molar-refractivity contribution in [2.75, 3.05) is 19.7 Å². The second-order valence-corrected chi connectivity index (χ2v) is 11.8. The molecule has 44 heavy (non-hydrogen) atoms. The number of hydrogen-bond acceptors (Lipinski definition) is 5. The van der Waals surface area contributed by atoms with Gasteiger partial charge in [0.1, 0.15) is 0 Å². The minimum Gasteiger partial charge on any atom is -0.394 e. The number of halogens is 1. The van der Waals surface area contributed by atoms with Gasteiger partial charge in [0, 0.05) is 37.6 Å². The third-order valence-corrected chi connectivity index (χ3v) is 8.83. The van der Waals surface area contributed by atoms with Crippen LogP contribution in [0.2, 0.25) is 5.02 Å². The van der Waals surface area contributed by atoms with Gasteiger partial charge in [-0.1, -0.05) is 74.7 Å². The molecular weight excluding hydrogens is 574 g/mol. The summed E-state index contributed by atoms with van der Waals surface area (Å²) in [6.45, 7) is 7.51. The number of benzene rings is 2. The van der Waals surface area contributed by atoms with Gasteiger partial charge in [0.15, 0.2) is 5.69 Å². The molecule has 0 fully saturated rings. The molecule has 230 valence electrons. The maximum absolute atomic E-state index is 14.5. The number of pyridine rings is 1. The molecule has 3 heterocycles. The molecule has 0 unspecified atom stereocenters. The summed E-state index contributed by atoms with van der Waals surface area (Å²) in [5.74, 6) is -0.433. The zero-order chi connectivity index (χ0) is 31.2. The van der Waals surface area contributed by atoms with E-state index < -0.39 is 0 Å². The van der Waals surface area contributed by atoms with E-state index in [0.717, 1.165) is 47.9 Å². The monoisotopic (exact) mass is 613 g/mol. The number of fused-ring (bicyclic) bond motifs is 1. The molecular formula is C35H40ClN5O3. The van der Waals surface area contributed by atoms with E-state index >= 15 is 0 Å². The molecule has 1 aliphatic heterocycles. The second kappa shape index (κ2) is 14.2. The highest BCUT2D eigenvalue weighted by Gasteiger charge is 2.33. The zero-order valence-corrected chi connectivity index (χ0v) is 26.4. The molecule has 9 heteroatoms. The van der Waals surface area contributed by atoms with Gasteiger partial charge in [0.2, 0.25) is 0 Å². The lowest BCUT2D eigenvalue weighted by molar-refractivity contribution is 0.0544. The van der Waals surface area contributed by atoms with Crippen molar-refractivity contribution in [2.45, 2.75) is 65.5 Å². The largest absolute Gasteiger partial charge is 0.394 e. The molecule has 1 aliphatic rings. The number of aliphatic hydroxyl groups is 1. The number of unbranched alkanes of at least 4 members (excludes halogenated alkanes) is 2. The van der Waals surface area contributed by atoms with Gasteiger partial charge in [-0.15, -0.1) is 0 Å². The Morgan fingerprint density at radius 2 is 1.73 bits per heavy atom. The Morgan fingerprint density at radius 1 is 1.00 bits per heavy atom. The topological polar surface area (TPSA) is 91.6 Å². The van der Waals surface area contributed by atoms with Gasteiger partial charge in [0.05, 0.1) is 34.6 Å². The third kappa shape index (κ3) is 6.42. The fourth-order valence-corrected chi connectivity index (χ4v) is 5.96. The van der Waals surface area contributed by atoms with Gasteiger partial charge in [0.25, 0.3) is 11.8 Å². The fourth-order valence-electron chi connectivity index (χ4n) is 5.77. The van der Waals surface area contributed by atoms with Crippen molar-refractivity contribution in [3.63, 3.8) is 0 Å². The quantitative estimate of drug-likeness (QED) is 0.209. The van der Waals surface area contributed by atoms with Crippen molar-refractivity contribution >= 4 is 23.4 Å². The lowest BCUT2D eigenvalue weighted by Gasteiger charge is -2.36. The Bertz CT molecular complexity index is 1610. The van der Waals surface area contributed by atoms with Crippen molar-refractivity contribution in [2.24, 2.45) is 0 Å². The van der Waals surface area contributed by atoms with Gasteiger partial charge in [-0.05, 0) is 61.1 Å². The molecule has 1 N–H and O–H groups in total. The second-order valence-electron chi connectivity index (χ2n) is 11.4. The van der Waals surface area contributed by atoms with E-state index in [1.165, 1.54) is 0 Å². The van der Waals surface area contributed by atoms with Crippen LogP contribution in [-0.4, -0.2) is 67.2 Å². The van der Waals surface area contributed by atoms with Gasteiger partial charge in [-0.3, -0.25) is 14.6 Å². The molecule has 2 aromatic heterocycles. The maximum Gasteiger partial charge on any atom is 0.275 e. The molecule has 2 aromatic carbocycles. The van der Waals surface area contributed by atoms with Crippen LogP contribution in [0.15, 0.2) is 67.0 Å². The molecule has 0 aliphatic carbocycles. The van der Waals surface area contributed by atoms with Crippen LogP contribution in [0.3, 0.4) is 0 Å². The molecule has 0 radical (unpaired) electrons. The maximum atomic E-state index is 14.5. The van der Waals surface area contributed by atoms with Crippen molar-refractivity contribution in [3.8, 4) is 16.8 Å². The molecule has 0 spiro atoms. The molecule has 1 atom stereocenters. The Hall–Kier alpha value is -4.01. The van der Waals surface area contributed by atoms with Crippen LogP contribution in [0.5, 0.6) is 0 Å². The van der Waals surface area contributed by atoms with E-state index in [-0.39, 0.29) is 35.2 Å². The number of aromatic nitrogens is 3. The predicted molar refractivity (Wildman–Crippen MR) is 173 cm³/mol. The first kappa shape index (κ1) is 31.4. The molecule has 4 aromatic rings. The molecule has 8 nitrogen and oxygen atoms in total. The summed E-state index contributed by atoms with van der Waals surface area (Å²) < 4.78 is 1.61. The summed E-state index contributed by atoms with van der Waals surface area (Å²) in [7, 11) is 0. The average Bonchev–Trinajstić information content (AvgIpc) is 3.36. The Balaban J connectivity index is 1.60. The fraction of sp³-hybridized carbons (Fsp3) is 0.371. The van der Waals surface area contributed by atoms with Crippen LogP contribution in [0.4, 0.5) is 0 Å². The van der Waals surface area contributed by atoms with Crippen LogP contribution < -0.4 is 0 Å². The summed E-state index contributed by atoms with van der Waals surface area (Å²) in [4.78, 5) is 36.0. The number of amides is 2. The normalized spacial score (nSPS) is 14.4. The van der Waals surface area contributed by atoms with Crippen LogP contribution in [0, 0.1) is 6.92 Å². The summed E-state index contributed by atoms with van der Waals surface area (Å²) in [5, 5.41) is 15.4. The number of carbonyl (C=O) groups is 2. The van der Waals surface area contributed by atoms with E-state index in [0.29, 0.717) is 43.0 Å².